The number of fused-ring (bicyclic) bond motifs is 2. The third-order valence-electron chi connectivity index (χ3n) is 6.26. The van der Waals surface area contributed by atoms with Crippen molar-refractivity contribution in [3.8, 4) is 5.69 Å². The van der Waals surface area contributed by atoms with Gasteiger partial charge in [-0.2, -0.15) is 5.10 Å². The Bertz CT molecular complexity index is 1180. The van der Waals surface area contributed by atoms with Gasteiger partial charge >= 0.3 is 0 Å². The van der Waals surface area contributed by atoms with Gasteiger partial charge in [-0.15, -0.1) is 0 Å². The largest absolute Gasteiger partial charge is 0.312 e. The lowest BCUT2D eigenvalue weighted by Crippen LogP contribution is -2.36. The molecule has 8 heteroatoms. The number of nitrogens with two attached hydrogens (primary N) is 1. The molecule has 6 nitrogen and oxygen atoms in total. The Balaban J connectivity index is 1.44. The van der Waals surface area contributed by atoms with Crippen LogP contribution in [0.5, 0.6) is 0 Å². The quantitative estimate of drug-likeness (QED) is 0.702. The highest BCUT2D eigenvalue weighted by Gasteiger charge is 2.39. The summed E-state index contributed by atoms with van der Waals surface area (Å²) in [6, 6.07) is 10.9. The highest BCUT2D eigenvalue weighted by molar-refractivity contribution is 7.82. The molecule has 3 unspecified atom stereocenters. The Kier molecular flexibility index (Phi) is 4.56. The highest BCUT2D eigenvalue weighted by Crippen LogP contribution is 2.41. The number of anilines is 1. The summed E-state index contributed by atoms with van der Waals surface area (Å²) >= 11 is 0. The summed E-state index contributed by atoms with van der Waals surface area (Å²) in [6.45, 7) is 2.57. The zero-order valence-electron chi connectivity index (χ0n) is 16.4. The molecule has 2 heterocycles. The van der Waals surface area contributed by atoms with Crippen LogP contribution in [-0.2, 0) is 28.6 Å². The molecule has 0 fully saturated rings. The van der Waals surface area contributed by atoms with Crippen LogP contribution in [0.15, 0.2) is 53.7 Å². The molecule has 30 heavy (non-hydrogen) atoms. The average Bonchev–Trinajstić information content (AvgIpc) is 3.45. The van der Waals surface area contributed by atoms with Crippen molar-refractivity contribution in [1.29, 1.82) is 0 Å². The molecular formula is C22H21FN4O2S. The van der Waals surface area contributed by atoms with Crippen LogP contribution in [0.4, 0.5) is 10.1 Å². The fourth-order valence-corrected chi connectivity index (χ4v) is 5.16. The second-order valence-electron chi connectivity index (χ2n) is 7.88. The second kappa shape index (κ2) is 7.14. The number of rotatable bonds is 3. The Morgan fingerprint density at radius 1 is 1.27 bits per heavy atom. The molecule has 1 aromatic heterocycles. The zero-order chi connectivity index (χ0) is 21.0. The SMILES string of the molecule is CC1c2ccc(-n3cccn3)cc2CC1C(=O)N1CCc2cc(F)c(S(N)=O)cc21. The maximum absolute atomic E-state index is 14.1. The van der Waals surface area contributed by atoms with E-state index >= 15 is 0 Å². The average molecular weight is 425 g/mol. The normalized spacial score (nSPS) is 20.8. The van der Waals surface area contributed by atoms with Gasteiger partial charge in [-0.25, -0.2) is 18.4 Å². The van der Waals surface area contributed by atoms with Gasteiger partial charge < -0.3 is 4.90 Å². The van der Waals surface area contributed by atoms with Crippen LogP contribution in [-0.4, -0.2) is 26.4 Å². The van der Waals surface area contributed by atoms with Gasteiger partial charge in [0.15, 0.2) is 0 Å². The summed E-state index contributed by atoms with van der Waals surface area (Å²) in [4.78, 5) is 15.1. The van der Waals surface area contributed by atoms with Gasteiger partial charge in [0, 0.05) is 30.5 Å². The minimum atomic E-state index is -1.94. The maximum atomic E-state index is 14.1. The van der Waals surface area contributed by atoms with E-state index < -0.39 is 16.8 Å². The fourth-order valence-electron chi connectivity index (χ4n) is 4.68. The predicted molar refractivity (Wildman–Crippen MR) is 112 cm³/mol. The van der Waals surface area contributed by atoms with E-state index in [1.54, 1.807) is 15.8 Å². The molecule has 1 amide bonds. The Morgan fingerprint density at radius 2 is 2.10 bits per heavy atom. The second-order valence-corrected chi connectivity index (χ2v) is 8.92. The minimum absolute atomic E-state index is 0.0125. The van der Waals surface area contributed by atoms with Gasteiger partial charge in [0.25, 0.3) is 0 Å². The zero-order valence-corrected chi connectivity index (χ0v) is 17.2. The molecule has 0 saturated heterocycles. The first-order valence-corrected chi connectivity index (χ1v) is 11.1. The molecule has 2 aliphatic rings. The summed E-state index contributed by atoms with van der Waals surface area (Å²) in [5.41, 5.74) is 4.66. The van der Waals surface area contributed by atoms with Crippen molar-refractivity contribution in [3.63, 3.8) is 0 Å². The molecule has 1 aliphatic carbocycles. The van der Waals surface area contributed by atoms with E-state index in [2.05, 4.69) is 24.2 Å². The highest BCUT2D eigenvalue weighted by atomic mass is 32.2. The minimum Gasteiger partial charge on any atom is -0.312 e. The van der Waals surface area contributed by atoms with Crippen LogP contribution in [0.2, 0.25) is 0 Å². The summed E-state index contributed by atoms with van der Waals surface area (Å²) in [5.74, 6) is -0.697. The van der Waals surface area contributed by atoms with Crippen LogP contribution < -0.4 is 10.0 Å². The lowest BCUT2D eigenvalue weighted by atomic mass is 9.93. The third kappa shape index (κ3) is 2.98. The topological polar surface area (TPSA) is 81.2 Å². The Morgan fingerprint density at radius 3 is 2.83 bits per heavy atom. The first-order valence-electron chi connectivity index (χ1n) is 9.87. The molecule has 0 spiro atoms. The van der Waals surface area contributed by atoms with Crippen molar-refractivity contribution >= 4 is 22.6 Å². The molecule has 2 aromatic carbocycles. The lowest BCUT2D eigenvalue weighted by molar-refractivity contribution is -0.122. The van der Waals surface area contributed by atoms with Crippen molar-refractivity contribution < 1.29 is 13.4 Å². The molecule has 154 valence electrons. The van der Waals surface area contributed by atoms with Gasteiger partial charge in [0.05, 0.1) is 10.6 Å². The van der Waals surface area contributed by atoms with Crippen molar-refractivity contribution in [2.24, 2.45) is 11.1 Å². The first kappa shape index (κ1) is 19.1. The van der Waals surface area contributed by atoms with Crippen LogP contribution in [0.3, 0.4) is 0 Å². The summed E-state index contributed by atoms with van der Waals surface area (Å²) < 4.78 is 27.6. The fraction of sp³-hybridized carbons (Fsp3) is 0.273. The van der Waals surface area contributed by atoms with E-state index in [0.29, 0.717) is 25.1 Å². The number of carbonyl (C=O) groups is 1. The summed E-state index contributed by atoms with van der Waals surface area (Å²) in [5, 5.41) is 9.69. The van der Waals surface area contributed by atoms with Gasteiger partial charge in [0.2, 0.25) is 5.91 Å². The van der Waals surface area contributed by atoms with Crippen LogP contribution in [0.1, 0.15) is 29.5 Å². The van der Waals surface area contributed by atoms with Crippen LogP contribution in [0, 0.1) is 11.7 Å². The number of hydrogen-bond acceptors (Lipinski definition) is 3. The molecule has 0 radical (unpaired) electrons. The van der Waals surface area contributed by atoms with Gasteiger partial charge in [-0.1, -0.05) is 13.0 Å². The summed E-state index contributed by atoms with van der Waals surface area (Å²) in [7, 11) is -1.94. The van der Waals surface area contributed by atoms with E-state index in [1.165, 1.54) is 17.7 Å². The maximum Gasteiger partial charge on any atom is 0.231 e. The monoisotopic (exact) mass is 424 g/mol. The Hall–Kier alpha value is -2.84. The third-order valence-corrected chi connectivity index (χ3v) is 7.00. The van der Waals surface area contributed by atoms with Crippen molar-refractivity contribution in [3.05, 3.63) is 71.3 Å². The number of carbonyl (C=O) groups excluding carboxylic acids is 1. The Labute approximate surface area is 176 Å². The molecule has 0 bridgehead atoms. The first-order chi connectivity index (χ1) is 14.4. The van der Waals surface area contributed by atoms with Crippen LogP contribution in [0.25, 0.3) is 5.69 Å². The number of hydrogen-bond donors (Lipinski definition) is 1. The van der Waals surface area contributed by atoms with Gasteiger partial charge in [0.1, 0.15) is 16.8 Å². The van der Waals surface area contributed by atoms with Crippen molar-refractivity contribution in [2.75, 3.05) is 11.4 Å². The number of halogens is 1. The van der Waals surface area contributed by atoms with Crippen molar-refractivity contribution in [1.82, 2.24) is 9.78 Å². The molecule has 1 aliphatic heterocycles. The smallest absolute Gasteiger partial charge is 0.231 e. The molecule has 0 saturated carbocycles. The molecular weight excluding hydrogens is 403 g/mol. The molecule has 3 atom stereocenters. The van der Waals surface area contributed by atoms with E-state index in [9.17, 15) is 13.4 Å². The number of amides is 1. The van der Waals surface area contributed by atoms with E-state index in [4.69, 9.17) is 5.14 Å². The van der Waals surface area contributed by atoms with Crippen LogP contribution >= 0.6 is 0 Å². The number of aromatic nitrogens is 2. The van der Waals surface area contributed by atoms with Gasteiger partial charge in [-0.05, 0) is 65.8 Å². The van der Waals surface area contributed by atoms with E-state index in [0.717, 1.165) is 16.8 Å². The standard InChI is InChI=1S/C22H21FN4O2S/c1-13-17-4-3-16(27-7-2-6-25-27)9-15(17)10-18(13)22(28)26-8-5-14-11-19(23)21(30(24)29)12-20(14)26/h2-4,6-7,9,11-13,18H,5,8,10,24H2,1H3. The van der Waals surface area contributed by atoms with E-state index in [-0.39, 0.29) is 22.6 Å². The predicted octanol–water partition coefficient (Wildman–Crippen LogP) is 2.86. The molecule has 5 rings (SSSR count). The van der Waals surface area contributed by atoms with E-state index in [1.807, 2.05) is 18.3 Å². The molecule has 2 N–H and O–H groups in total. The summed E-state index contributed by atoms with van der Waals surface area (Å²) in [6.07, 6.45) is 4.85. The number of nitrogens with zero attached hydrogens (tertiary/aromatic N) is 3. The number of benzene rings is 2. The van der Waals surface area contributed by atoms with Gasteiger partial charge in [-0.3, -0.25) is 4.79 Å². The van der Waals surface area contributed by atoms with Crippen molar-refractivity contribution in [2.45, 2.75) is 30.6 Å². The molecule has 3 aromatic rings. The lowest BCUT2D eigenvalue weighted by Gasteiger charge is -2.24.